The number of nitrogens with one attached hydrogen (secondary N) is 1. The normalized spacial score (nSPS) is 20.1. The van der Waals surface area contributed by atoms with Crippen LogP contribution in [0.4, 0.5) is 10.5 Å². The number of morpholine rings is 1. The Labute approximate surface area is 149 Å². The molecule has 25 heavy (non-hydrogen) atoms. The number of hydrogen-bond acceptors (Lipinski definition) is 4. The van der Waals surface area contributed by atoms with Gasteiger partial charge in [-0.15, -0.1) is 0 Å². The molecule has 0 aromatic heterocycles. The maximum Gasteiger partial charge on any atom is 0.321 e. The lowest BCUT2D eigenvalue weighted by molar-refractivity contribution is 0.0730. The number of urea groups is 1. The van der Waals surface area contributed by atoms with Crippen LogP contribution in [0.3, 0.4) is 0 Å². The zero-order valence-corrected chi connectivity index (χ0v) is 15.1. The van der Waals surface area contributed by atoms with Crippen LogP contribution in [-0.4, -0.2) is 63.0 Å². The first kappa shape index (κ1) is 18.2. The molecule has 0 spiro atoms. The van der Waals surface area contributed by atoms with E-state index < -0.39 is 10.0 Å². The third kappa shape index (κ3) is 4.50. The molecule has 2 amide bonds. The van der Waals surface area contributed by atoms with Crippen molar-refractivity contribution in [3.05, 3.63) is 24.3 Å². The summed E-state index contributed by atoms with van der Waals surface area (Å²) in [4.78, 5) is 14.4. The molecule has 1 aromatic carbocycles. The highest BCUT2D eigenvalue weighted by Crippen LogP contribution is 2.20. The van der Waals surface area contributed by atoms with Gasteiger partial charge in [-0.1, -0.05) is 12.8 Å². The first-order valence-corrected chi connectivity index (χ1v) is 10.3. The van der Waals surface area contributed by atoms with Crippen molar-refractivity contribution in [3.8, 4) is 0 Å². The molecule has 7 nitrogen and oxygen atoms in total. The number of amides is 2. The third-order valence-electron chi connectivity index (χ3n) is 4.61. The van der Waals surface area contributed by atoms with E-state index in [4.69, 9.17) is 4.74 Å². The van der Waals surface area contributed by atoms with Gasteiger partial charge in [0.2, 0.25) is 10.0 Å². The Hall–Kier alpha value is -1.64. The van der Waals surface area contributed by atoms with E-state index in [-0.39, 0.29) is 10.9 Å². The fourth-order valence-electron chi connectivity index (χ4n) is 3.12. The van der Waals surface area contributed by atoms with Gasteiger partial charge in [0.15, 0.2) is 0 Å². The highest BCUT2D eigenvalue weighted by atomic mass is 32.2. The molecule has 0 unspecified atom stereocenters. The molecular formula is C17H25N3O4S. The summed E-state index contributed by atoms with van der Waals surface area (Å²) in [5.41, 5.74) is 0.607. The monoisotopic (exact) mass is 367 g/mol. The van der Waals surface area contributed by atoms with E-state index in [0.29, 0.717) is 32.0 Å². The number of sulfonamides is 1. The van der Waals surface area contributed by atoms with Crippen molar-refractivity contribution < 1.29 is 17.9 Å². The summed E-state index contributed by atoms with van der Waals surface area (Å²) >= 11 is 0. The van der Waals surface area contributed by atoms with Crippen molar-refractivity contribution in [2.75, 3.05) is 44.7 Å². The van der Waals surface area contributed by atoms with Crippen LogP contribution in [0.5, 0.6) is 0 Å². The Kier molecular flexibility index (Phi) is 5.93. The first-order valence-electron chi connectivity index (χ1n) is 8.81. The number of hydrogen-bond donors (Lipinski definition) is 1. The number of rotatable bonds is 3. The molecule has 1 aromatic rings. The average molecular weight is 367 g/mol. The van der Waals surface area contributed by atoms with Gasteiger partial charge in [0, 0.05) is 31.9 Å². The second-order valence-electron chi connectivity index (χ2n) is 6.37. The van der Waals surface area contributed by atoms with Crippen molar-refractivity contribution in [2.45, 2.75) is 30.6 Å². The highest BCUT2D eigenvalue weighted by molar-refractivity contribution is 7.89. The molecule has 0 atom stereocenters. The molecular weight excluding hydrogens is 342 g/mol. The van der Waals surface area contributed by atoms with Gasteiger partial charge in [-0.25, -0.2) is 13.2 Å². The molecule has 2 fully saturated rings. The van der Waals surface area contributed by atoms with Gasteiger partial charge in [-0.3, -0.25) is 0 Å². The summed E-state index contributed by atoms with van der Waals surface area (Å²) in [6.07, 6.45) is 4.39. The summed E-state index contributed by atoms with van der Waals surface area (Å²) in [5.74, 6) is 0. The number of anilines is 1. The van der Waals surface area contributed by atoms with Crippen LogP contribution in [0, 0.1) is 0 Å². The second-order valence-corrected chi connectivity index (χ2v) is 8.31. The Morgan fingerprint density at radius 2 is 1.52 bits per heavy atom. The van der Waals surface area contributed by atoms with Gasteiger partial charge in [0.05, 0.1) is 18.1 Å². The fraction of sp³-hybridized carbons (Fsp3) is 0.588. The van der Waals surface area contributed by atoms with Gasteiger partial charge in [0.25, 0.3) is 0 Å². The quantitative estimate of drug-likeness (QED) is 0.887. The minimum absolute atomic E-state index is 0.120. The van der Waals surface area contributed by atoms with Crippen LogP contribution >= 0.6 is 0 Å². The summed E-state index contributed by atoms with van der Waals surface area (Å²) in [7, 11) is -3.50. The number of carbonyl (C=O) groups is 1. The average Bonchev–Trinajstić information content (AvgIpc) is 2.92. The first-order chi connectivity index (χ1) is 12.1. The van der Waals surface area contributed by atoms with Crippen molar-refractivity contribution in [1.29, 1.82) is 0 Å². The van der Waals surface area contributed by atoms with Crippen LogP contribution in [0.1, 0.15) is 25.7 Å². The van der Waals surface area contributed by atoms with E-state index in [1.807, 2.05) is 4.90 Å². The Morgan fingerprint density at radius 1 is 0.920 bits per heavy atom. The minimum Gasteiger partial charge on any atom is -0.379 e. The van der Waals surface area contributed by atoms with Gasteiger partial charge in [0.1, 0.15) is 0 Å². The molecule has 0 radical (unpaired) electrons. The van der Waals surface area contributed by atoms with Crippen molar-refractivity contribution in [1.82, 2.24) is 9.21 Å². The number of likely N-dealkylation sites (tertiary alicyclic amines) is 1. The predicted molar refractivity (Wildman–Crippen MR) is 95.1 cm³/mol. The van der Waals surface area contributed by atoms with Gasteiger partial charge in [-0.05, 0) is 37.1 Å². The van der Waals surface area contributed by atoms with Crippen LogP contribution in [0.25, 0.3) is 0 Å². The molecule has 0 bridgehead atoms. The zero-order valence-electron chi connectivity index (χ0n) is 14.3. The van der Waals surface area contributed by atoms with Gasteiger partial charge >= 0.3 is 6.03 Å². The van der Waals surface area contributed by atoms with Gasteiger partial charge in [-0.2, -0.15) is 4.31 Å². The Bertz CT molecular complexity index is 676. The molecule has 138 valence electrons. The largest absolute Gasteiger partial charge is 0.379 e. The fourth-order valence-corrected chi connectivity index (χ4v) is 4.53. The van der Waals surface area contributed by atoms with E-state index in [0.717, 1.165) is 38.8 Å². The number of benzene rings is 1. The zero-order chi connectivity index (χ0) is 17.7. The van der Waals surface area contributed by atoms with E-state index in [2.05, 4.69) is 5.32 Å². The van der Waals surface area contributed by atoms with E-state index in [9.17, 15) is 13.2 Å². The molecule has 3 rings (SSSR count). The molecule has 0 aliphatic carbocycles. The van der Waals surface area contributed by atoms with E-state index in [1.54, 1.807) is 24.3 Å². The highest BCUT2D eigenvalue weighted by Gasteiger charge is 2.26. The van der Waals surface area contributed by atoms with E-state index >= 15 is 0 Å². The predicted octanol–water partition coefficient (Wildman–Crippen LogP) is 2.12. The van der Waals surface area contributed by atoms with Crippen LogP contribution in [0.15, 0.2) is 29.2 Å². The number of ether oxygens (including phenoxy) is 1. The maximum absolute atomic E-state index is 12.6. The summed E-state index contributed by atoms with van der Waals surface area (Å²) < 4.78 is 31.8. The Morgan fingerprint density at radius 3 is 2.12 bits per heavy atom. The third-order valence-corrected chi connectivity index (χ3v) is 6.52. The molecule has 2 aliphatic rings. The standard InChI is InChI=1S/C17H25N3O4S/c21-17(19-9-3-1-2-4-10-19)18-15-5-7-16(8-6-15)25(22,23)20-11-13-24-14-12-20/h5-8H,1-4,9-14H2,(H,18,21). The number of carbonyl (C=O) groups excluding carboxylic acids is 1. The van der Waals surface area contributed by atoms with Crippen LogP contribution in [-0.2, 0) is 14.8 Å². The van der Waals surface area contributed by atoms with Gasteiger partial charge < -0.3 is 15.0 Å². The van der Waals surface area contributed by atoms with Crippen LogP contribution < -0.4 is 5.32 Å². The van der Waals surface area contributed by atoms with Crippen LogP contribution in [0.2, 0.25) is 0 Å². The molecule has 2 heterocycles. The number of nitrogens with zero attached hydrogens (tertiary/aromatic N) is 2. The topological polar surface area (TPSA) is 79.0 Å². The maximum atomic E-state index is 12.6. The van der Waals surface area contributed by atoms with Crippen molar-refractivity contribution in [3.63, 3.8) is 0 Å². The molecule has 2 saturated heterocycles. The lowest BCUT2D eigenvalue weighted by Gasteiger charge is -2.26. The summed E-state index contributed by atoms with van der Waals surface area (Å²) in [5, 5.41) is 2.86. The lowest BCUT2D eigenvalue weighted by atomic mass is 10.2. The van der Waals surface area contributed by atoms with Crippen molar-refractivity contribution >= 4 is 21.7 Å². The second kappa shape index (κ2) is 8.16. The lowest BCUT2D eigenvalue weighted by Crippen LogP contribution is -2.40. The molecule has 1 N–H and O–H groups in total. The smallest absolute Gasteiger partial charge is 0.321 e. The molecule has 2 aliphatic heterocycles. The summed E-state index contributed by atoms with van der Waals surface area (Å²) in [6, 6.07) is 6.25. The SMILES string of the molecule is O=C(Nc1ccc(S(=O)(=O)N2CCOCC2)cc1)N1CCCCCC1. The Balaban J connectivity index is 1.64. The van der Waals surface area contributed by atoms with E-state index in [1.165, 1.54) is 4.31 Å². The van der Waals surface area contributed by atoms with Crippen molar-refractivity contribution in [2.24, 2.45) is 0 Å². The molecule has 8 heteroatoms. The molecule has 0 saturated carbocycles. The summed E-state index contributed by atoms with van der Waals surface area (Å²) in [6.45, 7) is 3.13. The minimum atomic E-state index is -3.50.